The summed E-state index contributed by atoms with van der Waals surface area (Å²) in [6.45, 7) is 1.62. The van der Waals surface area contributed by atoms with Gasteiger partial charge < -0.3 is 9.47 Å². The van der Waals surface area contributed by atoms with Gasteiger partial charge in [-0.3, -0.25) is 0 Å². The normalized spacial score (nSPS) is 13.3. The van der Waals surface area contributed by atoms with E-state index in [1.54, 1.807) is 31.2 Å². The van der Waals surface area contributed by atoms with Crippen LogP contribution >= 0.6 is 27.5 Å². The Morgan fingerprint density at radius 1 is 1.06 bits per heavy atom. The van der Waals surface area contributed by atoms with Crippen molar-refractivity contribution in [1.29, 1.82) is 0 Å². The Hall–Kier alpha value is -2.84. The highest BCUT2D eigenvalue weighted by atomic mass is 79.9. The fourth-order valence-electron chi connectivity index (χ4n) is 3.97. The van der Waals surface area contributed by atoms with Crippen LogP contribution in [0.4, 0.5) is 13.2 Å². The van der Waals surface area contributed by atoms with E-state index >= 15 is 0 Å². The minimum atomic E-state index is -1.53. The average Bonchev–Trinajstić information content (AvgIpc) is 3.33. The highest BCUT2D eigenvalue weighted by Gasteiger charge is 2.24. The summed E-state index contributed by atoms with van der Waals surface area (Å²) >= 11 is 9.66. The third kappa shape index (κ3) is 5.38. The molecule has 2 aromatic carbocycles. The molecule has 0 saturated heterocycles. The molecule has 35 heavy (non-hydrogen) atoms. The van der Waals surface area contributed by atoms with Gasteiger partial charge >= 0.3 is 5.97 Å². The topological polar surface area (TPSA) is 48.4 Å². The van der Waals surface area contributed by atoms with Crippen LogP contribution in [0.5, 0.6) is 5.75 Å². The third-order valence-electron chi connectivity index (χ3n) is 5.61. The molecule has 0 atom stereocenters. The van der Waals surface area contributed by atoms with Crippen LogP contribution in [0.1, 0.15) is 53.5 Å². The molecule has 0 saturated carbocycles. The van der Waals surface area contributed by atoms with Crippen LogP contribution in [0.15, 0.2) is 46.9 Å². The molecule has 4 rings (SSSR count). The van der Waals surface area contributed by atoms with E-state index in [1.807, 2.05) is 6.07 Å². The highest BCUT2D eigenvalue weighted by Crippen LogP contribution is 2.43. The van der Waals surface area contributed by atoms with Crippen molar-refractivity contribution in [1.82, 2.24) is 4.98 Å². The second kappa shape index (κ2) is 10.8. The van der Waals surface area contributed by atoms with Crippen molar-refractivity contribution in [3.63, 3.8) is 0 Å². The zero-order chi connectivity index (χ0) is 25.1. The Morgan fingerprint density at radius 3 is 2.60 bits per heavy atom. The van der Waals surface area contributed by atoms with Crippen molar-refractivity contribution in [2.45, 2.75) is 32.8 Å². The van der Waals surface area contributed by atoms with Crippen molar-refractivity contribution in [3.05, 3.63) is 91.9 Å². The van der Waals surface area contributed by atoms with Crippen molar-refractivity contribution in [3.8, 4) is 5.75 Å². The molecular weight excluding hydrogens is 547 g/mol. The number of rotatable bonds is 7. The smallest absolute Gasteiger partial charge is 0.358 e. The SMILES string of the molecule is CCOC(=O)c1nc(C2=C(c3cc(Br)ccc3OCc3ccc(F)c(F)c3F)CCC2)ccc1Cl. The van der Waals surface area contributed by atoms with E-state index in [2.05, 4.69) is 20.9 Å². The van der Waals surface area contributed by atoms with E-state index in [9.17, 15) is 18.0 Å². The summed E-state index contributed by atoms with van der Waals surface area (Å²) in [6, 6.07) is 10.8. The molecular formula is C26H20BrClF3NO3. The second-order valence-electron chi connectivity index (χ2n) is 7.82. The zero-order valence-corrected chi connectivity index (χ0v) is 21.0. The van der Waals surface area contributed by atoms with E-state index in [0.29, 0.717) is 11.4 Å². The molecule has 0 fully saturated rings. The van der Waals surface area contributed by atoms with Crippen molar-refractivity contribution >= 4 is 44.6 Å². The van der Waals surface area contributed by atoms with Gasteiger partial charge in [0.25, 0.3) is 0 Å². The first kappa shape index (κ1) is 25.3. The molecule has 0 bridgehead atoms. The predicted octanol–water partition coefficient (Wildman–Crippen LogP) is 7.77. The van der Waals surface area contributed by atoms with Crippen LogP contribution in [0, 0.1) is 17.5 Å². The second-order valence-corrected chi connectivity index (χ2v) is 9.14. The van der Waals surface area contributed by atoms with E-state index in [0.717, 1.165) is 52.6 Å². The first-order chi connectivity index (χ1) is 16.8. The molecule has 3 aromatic rings. The number of pyridine rings is 1. The van der Waals surface area contributed by atoms with E-state index in [4.69, 9.17) is 21.1 Å². The lowest BCUT2D eigenvalue weighted by atomic mass is 9.99. The Labute approximate surface area is 213 Å². The van der Waals surface area contributed by atoms with Crippen molar-refractivity contribution < 1.29 is 27.4 Å². The molecule has 9 heteroatoms. The number of ether oxygens (including phenoxy) is 2. The van der Waals surface area contributed by atoms with Gasteiger partial charge in [-0.1, -0.05) is 27.5 Å². The van der Waals surface area contributed by atoms with Crippen LogP contribution in [0.3, 0.4) is 0 Å². The Kier molecular flexibility index (Phi) is 7.82. The molecule has 0 aliphatic heterocycles. The molecule has 0 amide bonds. The molecule has 182 valence electrons. The molecule has 1 aliphatic rings. The molecule has 0 spiro atoms. The fraction of sp³-hybridized carbons (Fsp3) is 0.231. The van der Waals surface area contributed by atoms with Gasteiger partial charge in [0.1, 0.15) is 12.4 Å². The lowest BCUT2D eigenvalue weighted by Crippen LogP contribution is -2.09. The minimum absolute atomic E-state index is 0.0456. The molecule has 0 unspecified atom stereocenters. The number of carbonyl (C=O) groups is 1. The summed E-state index contributed by atoms with van der Waals surface area (Å²) in [5.74, 6) is -4.21. The highest BCUT2D eigenvalue weighted by molar-refractivity contribution is 9.10. The zero-order valence-electron chi connectivity index (χ0n) is 18.6. The summed E-state index contributed by atoms with van der Waals surface area (Å²) in [4.78, 5) is 16.8. The standard InChI is InChI=1S/C26H20BrClF3NO3/c1-2-34-26(33)25-19(28)8-10-21(32-25)17-5-3-4-16(17)18-12-15(27)7-11-22(18)35-13-14-6-9-20(29)24(31)23(14)30/h6-12H,2-5,13H2,1H3. The summed E-state index contributed by atoms with van der Waals surface area (Å²) in [6.07, 6.45) is 2.30. The Bertz CT molecular complexity index is 1330. The molecule has 0 radical (unpaired) electrons. The number of hydrogen-bond donors (Lipinski definition) is 0. The molecule has 4 nitrogen and oxygen atoms in total. The van der Waals surface area contributed by atoms with Gasteiger partial charge in [0.05, 0.1) is 17.3 Å². The fourth-order valence-corrected chi connectivity index (χ4v) is 4.52. The maximum absolute atomic E-state index is 14.1. The summed E-state index contributed by atoms with van der Waals surface area (Å²) in [5, 5.41) is 0.201. The van der Waals surface area contributed by atoms with Gasteiger partial charge in [-0.15, -0.1) is 0 Å². The Morgan fingerprint density at radius 2 is 1.83 bits per heavy atom. The van der Waals surface area contributed by atoms with Crippen molar-refractivity contribution in [2.75, 3.05) is 6.61 Å². The maximum Gasteiger partial charge on any atom is 0.358 e. The number of halogens is 5. The molecule has 1 aliphatic carbocycles. The molecule has 0 N–H and O–H groups in total. The summed E-state index contributed by atoms with van der Waals surface area (Å²) < 4.78 is 52.8. The van der Waals surface area contributed by atoms with Gasteiger partial charge in [0, 0.05) is 15.6 Å². The number of aromatic nitrogens is 1. The van der Waals surface area contributed by atoms with Gasteiger partial charge in [0.15, 0.2) is 23.1 Å². The predicted molar refractivity (Wildman–Crippen MR) is 131 cm³/mol. The summed E-state index contributed by atoms with van der Waals surface area (Å²) in [7, 11) is 0. The lowest BCUT2D eigenvalue weighted by Gasteiger charge is -2.16. The van der Waals surface area contributed by atoms with Crippen LogP contribution in [-0.4, -0.2) is 17.6 Å². The van der Waals surface area contributed by atoms with Gasteiger partial charge in [-0.2, -0.15) is 0 Å². The van der Waals surface area contributed by atoms with Crippen LogP contribution in [0.25, 0.3) is 11.1 Å². The van der Waals surface area contributed by atoms with Crippen molar-refractivity contribution in [2.24, 2.45) is 0 Å². The number of hydrogen-bond acceptors (Lipinski definition) is 4. The maximum atomic E-state index is 14.1. The van der Waals surface area contributed by atoms with E-state index in [1.165, 1.54) is 0 Å². The number of carbonyl (C=O) groups excluding carboxylic acids is 1. The van der Waals surface area contributed by atoms with Gasteiger partial charge in [-0.25, -0.2) is 22.9 Å². The monoisotopic (exact) mass is 565 g/mol. The first-order valence-electron chi connectivity index (χ1n) is 10.9. The van der Waals surface area contributed by atoms with Crippen LogP contribution in [0.2, 0.25) is 5.02 Å². The quantitative estimate of drug-likeness (QED) is 0.217. The largest absolute Gasteiger partial charge is 0.488 e. The number of allylic oxidation sites excluding steroid dienone is 2. The molecule has 1 aromatic heterocycles. The molecule has 1 heterocycles. The van der Waals surface area contributed by atoms with Gasteiger partial charge in [0.2, 0.25) is 0 Å². The first-order valence-corrected chi connectivity index (χ1v) is 12.1. The third-order valence-corrected chi connectivity index (χ3v) is 6.41. The number of nitrogens with zero attached hydrogens (tertiary/aromatic N) is 1. The number of benzene rings is 2. The average molecular weight is 567 g/mol. The van der Waals surface area contributed by atoms with Gasteiger partial charge in [-0.05, 0) is 79.8 Å². The number of esters is 1. The van der Waals surface area contributed by atoms with Crippen LogP contribution < -0.4 is 4.74 Å². The lowest BCUT2D eigenvalue weighted by molar-refractivity contribution is 0.0519. The van der Waals surface area contributed by atoms with E-state index < -0.39 is 23.4 Å². The van der Waals surface area contributed by atoms with Crippen LogP contribution in [-0.2, 0) is 11.3 Å². The minimum Gasteiger partial charge on any atom is -0.488 e. The van der Waals surface area contributed by atoms with E-state index in [-0.39, 0.29) is 29.5 Å². The summed E-state index contributed by atoms with van der Waals surface area (Å²) in [5.41, 5.74) is 3.18. The Balaban J connectivity index is 1.72.